The number of benzene rings is 1. The number of sulfonamides is 1. The Bertz CT molecular complexity index is 1300. The number of thioether (sulfide) groups is 1. The monoisotopic (exact) mass is 469 g/mol. The molecule has 0 spiro atoms. The van der Waals surface area contributed by atoms with Crippen molar-refractivity contribution in [1.29, 1.82) is 5.26 Å². The topological polar surface area (TPSA) is 91.9 Å². The zero-order valence-electron chi connectivity index (χ0n) is 18.6. The SMILES string of the molecule is CCn1c(CSc2nc(C)cc(C)c2C#N)nc2cc(S(=O)(=O)N3CCCCC3)ccc21. The third-order valence-corrected chi connectivity index (χ3v) is 8.70. The predicted molar refractivity (Wildman–Crippen MR) is 126 cm³/mol. The molecular weight excluding hydrogens is 442 g/mol. The number of rotatable bonds is 6. The molecule has 0 bridgehead atoms. The smallest absolute Gasteiger partial charge is 0.243 e. The maximum atomic E-state index is 13.1. The number of aryl methyl sites for hydroxylation is 3. The standard InChI is InChI=1S/C23H27N5O2S2/c1-4-28-21-9-8-18(32(29,30)27-10-6-5-7-11-27)13-20(21)26-22(28)15-31-23-19(14-24)16(2)12-17(3)25-23/h8-9,12-13H,4-7,10-11,15H2,1-3H3. The van der Waals surface area contributed by atoms with Gasteiger partial charge in [-0.15, -0.1) is 0 Å². The van der Waals surface area contributed by atoms with Gasteiger partial charge in [0.2, 0.25) is 10.0 Å². The van der Waals surface area contributed by atoms with Crippen LogP contribution >= 0.6 is 11.8 Å². The van der Waals surface area contributed by atoms with Gasteiger partial charge >= 0.3 is 0 Å². The van der Waals surface area contributed by atoms with Crippen molar-refractivity contribution in [3.63, 3.8) is 0 Å². The summed E-state index contributed by atoms with van der Waals surface area (Å²) in [6, 6.07) is 9.40. The number of piperidine rings is 1. The Kier molecular flexibility index (Phi) is 6.56. The van der Waals surface area contributed by atoms with Crippen LogP contribution < -0.4 is 0 Å². The summed E-state index contributed by atoms with van der Waals surface area (Å²) < 4.78 is 29.8. The van der Waals surface area contributed by atoms with Gasteiger partial charge < -0.3 is 4.57 Å². The lowest BCUT2D eigenvalue weighted by molar-refractivity contribution is 0.346. The number of fused-ring (bicyclic) bond motifs is 1. The largest absolute Gasteiger partial charge is 0.328 e. The van der Waals surface area contributed by atoms with Crippen LogP contribution in [0, 0.1) is 25.2 Å². The van der Waals surface area contributed by atoms with Gasteiger partial charge in [-0.3, -0.25) is 0 Å². The highest BCUT2D eigenvalue weighted by Crippen LogP contribution is 2.29. The average molecular weight is 470 g/mol. The van der Waals surface area contributed by atoms with Crippen LogP contribution in [0.2, 0.25) is 0 Å². The van der Waals surface area contributed by atoms with Crippen LogP contribution in [-0.2, 0) is 22.3 Å². The van der Waals surface area contributed by atoms with Gasteiger partial charge in [-0.25, -0.2) is 18.4 Å². The van der Waals surface area contributed by atoms with Crippen molar-refractivity contribution in [2.24, 2.45) is 0 Å². The van der Waals surface area contributed by atoms with E-state index >= 15 is 0 Å². The minimum Gasteiger partial charge on any atom is -0.328 e. The van der Waals surface area contributed by atoms with Crippen molar-refractivity contribution in [2.75, 3.05) is 13.1 Å². The molecule has 0 radical (unpaired) electrons. The zero-order valence-corrected chi connectivity index (χ0v) is 20.3. The lowest BCUT2D eigenvalue weighted by Gasteiger charge is -2.25. The number of hydrogen-bond acceptors (Lipinski definition) is 6. The normalized spacial score (nSPS) is 15.2. The van der Waals surface area contributed by atoms with E-state index in [1.54, 1.807) is 16.4 Å². The van der Waals surface area contributed by atoms with E-state index in [0.717, 1.165) is 48.4 Å². The van der Waals surface area contributed by atoms with Crippen LogP contribution in [0.1, 0.15) is 48.8 Å². The molecule has 9 heteroatoms. The second kappa shape index (κ2) is 9.22. The molecule has 0 atom stereocenters. The summed E-state index contributed by atoms with van der Waals surface area (Å²) in [5, 5.41) is 10.2. The molecule has 168 valence electrons. The van der Waals surface area contributed by atoms with E-state index in [9.17, 15) is 13.7 Å². The van der Waals surface area contributed by atoms with Crippen molar-refractivity contribution in [3.8, 4) is 6.07 Å². The number of imidazole rings is 1. The number of nitrogens with zero attached hydrogens (tertiary/aromatic N) is 5. The molecule has 0 aliphatic carbocycles. The zero-order chi connectivity index (χ0) is 22.9. The first-order chi connectivity index (χ1) is 15.3. The molecule has 32 heavy (non-hydrogen) atoms. The van der Waals surface area contributed by atoms with Crippen molar-refractivity contribution < 1.29 is 8.42 Å². The first-order valence-corrected chi connectivity index (χ1v) is 13.3. The molecule has 4 rings (SSSR count). The number of hydrogen-bond donors (Lipinski definition) is 0. The number of aromatic nitrogens is 3. The van der Waals surface area contributed by atoms with E-state index in [-0.39, 0.29) is 0 Å². The lowest BCUT2D eigenvalue weighted by Crippen LogP contribution is -2.35. The summed E-state index contributed by atoms with van der Waals surface area (Å²) >= 11 is 1.49. The second-order valence-electron chi connectivity index (χ2n) is 8.05. The first kappa shape index (κ1) is 22.8. The van der Waals surface area contributed by atoms with E-state index in [4.69, 9.17) is 4.98 Å². The Hall–Kier alpha value is -2.41. The highest BCUT2D eigenvalue weighted by Gasteiger charge is 2.26. The summed E-state index contributed by atoms with van der Waals surface area (Å²) in [6.45, 7) is 7.76. The Morgan fingerprint density at radius 1 is 1.12 bits per heavy atom. The van der Waals surface area contributed by atoms with Crippen LogP contribution in [-0.4, -0.2) is 40.3 Å². The van der Waals surface area contributed by atoms with E-state index in [2.05, 4.69) is 15.6 Å². The first-order valence-electron chi connectivity index (χ1n) is 10.9. The number of nitriles is 1. The van der Waals surface area contributed by atoms with Crippen molar-refractivity contribution >= 4 is 32.8 Å². The molecule has 7 nitrogen and oxygen atoms in total. The van der Waals surface area contributed by atoms with Crippen LogP contribution in [0.25, 0.3) is 11.0 Å². The van der Waals surface area contributed by atoms with E-state index in [1.807, 2.05) is 32.9 Å². The van der Waals surface area contributed by atoms with Crippen molar-refractivity contribution in [3.05, 3.63) is 46.9 Å². The van der Waals surface area contributed by atoms with E-state index in [1.165, 1.54) is 11.8 Å². The molecule has 0 saturated carbocycles. The second-order valence-corrected chi connectivity index (χ2v) is 11.0. The van der Waals surface area contributed by atoms with Gasteiger partial charge in [0.05, 0.1) is 27.2 Å². The maximum absolute atomic E-state index is 13.1. The van der Waals surface area contributed by atoms with E-state index in [0.29, 0.717) is 39.8 Å². The molecule has 3 heterocycles. The van der Waals surface area contributed by atoms with Gasteiger partial charge in [0.1, 0.15) is 16.9 Å². The molecule has 0 unspecified atom stereocenters. The van der Waals surface area contributed by atoms with Gasteiger partial charge in [-0.2, -0.15) is 9.57 Å². The van der Waals surface area contributed by atoms with Crippen LogP contribution in [0.15, 0.2) is 34.2 Å². The van der Waals surface area contributed by atoms with Gasteiger partial charge in [0, 0.05) is 25.3 Å². The van der Waals surface area contributed by atoms with Gasteiger partial charge in [-0.1, -0.05) is 18.2 Å². The maximum Gasteiger partial charge on any atom is 0.243 e. The summed E-state index contributed by atoms with van der Waals surface area (Å²) in [6.07, 6.45) is 2.89. The molecule has 1 fully saturated rings. The Morgan fingerprint density at radius 2 is 1.88 bits per heavy atom. The minimum absolute atomic E-state index is 0.301. The highest BCUT2D eigenvalue weighted by molar-refractivity contribution is 7.98. The molecule has 1 aliphatic rings. The fourth-order valence-corrected chi connectivity index (χ4v) is 6.80. The number of pyridine rings is 1. The van der Waals surface area contributed by atoms with Crippen LogP contribution in [0.5, 0.6) is 0 Å². The Morgan fingerprint density at radius 3 is 2.56 bits per heavy atom. The molecule has 1 saturated heterocycles. The summed E-state index contributed by atoms with van der Waals surface area (Å²) in [4.78, 5) is 9.61. The average Bonchev–Trinajstić information content (AvgIpc) is 3.14. The Labute approximate surface area is 193 Å². The molecule has 3 aromatic rings. The molecule has 1 aliphatic heterocycles. The third-order valence-electron chi connectivity index (χ3n) is 5.83. The fraction of sp³-hybridized carbons (Fsp3) is 0.435. The molecule has 0 amide bonds. The van der Waals surface area contributed by atoms with E-state index < -0.39 is 10.0 Å². The molecule has 2 aromatic heterocycles. The van der Waals surface area contributed by atoms with Crippen LogP contribution in [0.4, 0.5) is 0 Å². The quantitative estimate of drug-likeness (QED) is 0.497. The van der Waals surface area contributed by atoms with Crippen molar-refractivity contribution in [2.45, 2.75) is 62.3 Å². The van der Waals surface area contributed by atoms with Gasteiger partial charge in [-0.05, 0) is 63.4 Å². The molecule has 0 N–H and O–H groups in total. The summed E-state index contributed by atoms with van der Waals surface area (Å²) in [7, 11) is -3.50. The summed E-state index contributed by atoms with van der Waals surface area (Å²) in [5.41, 5.74) is 3.97. The highest BCUT2D eigenvalue weighted by atomic mass is 32.2. The lowest BCUT2D eigenvalue weighted by atomic mass is 10.1. The molecule has 1 aromatic carbocycles. The predicted octanol–water partition coefficient (Wildman–Crippen LogP) is 4.41. The van der Waals surface area contributed by atoms with Gasteiger partial charge in [0.15, 0.2) is 0 Å². The van der Waals surface area contributed by atoms with Gasteiger partial charge in [0.25, 0.3) is 0 Å². The van der Waals surface area contributed by atoms with Crippen molar-refractivity contribution in [1.82, 2.24) is 18.8 Å². The molecular formula is C23H27N5O2S2. The minimum atomic E-state index is -3.50. The third kappa shape index (κ3) is 4.27. The van der Waals surface area contributed by atoms with Crippen LogP contribution in [0.3, 0.4) is 0 Å². The fourth-order valence-electron chi connectivity index (χ4n) is 4.21. The Balaban J connectivity index is 1.66. The summed E-state index contributed by atoms with van der Waals surface area (Å²) in [5.74, 6) is 1.38.